The molecule has 0 amide bonds. The van der Waals surface area contributed by atoms with Gasteiger partial charge in [0.1, 0.15) is 0 Å². The summed E-state index contributed by atoms with van der Waals surface area (Å²) >= 11 is 0. The van der Waals surface area contributed by atoms with Gasteiger partial charge in [0, 0.05) is 132 Å². The van der Waals surface area contributed by atoms with Crippen LogP contribution in [0.15, 0.2) is 0 Å². The Kier molecular flexibility index (Phi) is 37.2. The largest absolute Gasteiger partial charge is 0.354 e. The maximum Gasteiger partial charge on any atom is 0.238 e. The minimum atomic E-state index is 0.169. The van der Waals surface area contributed by atoms with Crippen LogP contribution in [0.3, 0.4) is 0 Å². The minimum absolute atomic E-state index is 0.169. The molecule has 6 aliphatic rings. The van der Waals surface area contributed by atoms with E-state index in [1.54, 1.807) is 0 Å². The lowest BCUT2D eigenvalue weighted by atomic mass is 9.72. The molecular weight excluding hydrogens is 1560 g/mol. The third kappa shape index (κ3) is 30.6. The van der Waals surface area contributed by atoms with Gasteiger partial charge in [0.05, 0.1) is 0 Å². The van der Waals surface area contributed by atoms with Crippen molar-refractivity contribution >= 4 is 53.5 Å². The molecule has 0 radical (unpaired) electrons. The molecule has 25 nitrogen and oxygen atoms in total. The maximum atomic E-state index is 5.37. The Morgan fingerprint density at radius 3 is 0.548 bits per heavy atom. The zero-order chi connectivity index (χ0) is 92.5. The van der Waals surface area contributed by atoms with E-state index in [4.69, 9.17) is 44.9 Å². The van der Waals surface area contributed by atoms with Crippen LogP contribution < -0.4 is 52.8 Å². The third-order valence-corrected chi connectivity index (χ3v) is 32.7. The Morgan fingerprint density at radius 2 is 0.365 bits per heavy atom. The Balaban J connectivity index is 0.878. The van der Waals surface area contributed by atoms with Crippen molar-refractivity contribution in [3.8, 4) is 0 Å². The van der Waals surface area contributed by atoms with E-state index in [0.29, 0.717) is 83.8 Å². The standard InChI is InChI=1S/C101H193N25/c1-90(2)63-75(64-91(3,4)120(90)25)45-31-37-53-104-81-111-82(105-54-38-32-46-76-65-92(5,6)121(26)93(7,8)66-76)113-83(112-81)110-59-43-51-102-60-61-103-52-44-62-126(88-116-84(106-55-39-33-47-77-67-94(9,10)122(27)95(11,12)68-77)114-85(117-88)107-56-40-34-48-78-69-96(13,14)123(28)97(15,16)70-78)89-118-86(108-57-41-35-49-79-71-98(17,18)124(29)99(19,20)72-79)115-87(119-89)109-58-42-36-50-80-73-100(21,22)125(30)101(23,24)74-80/h75-80,102-103H,31-74H2,1-30H3,(H2,106,107,114,116,117)(H2,108,109,115,118,119)(H3,104,105,110,111,112,113). The summed E-state index contributed by atoms with van der Waals surface area (Å²) in [5.41, 5.74) is 2.17. The molecule has 0 unspecified atom stereocenters. The van der Waals surface area contributed by atoms with Crippen LogP contribution in [0.5, 0.6) is 0 Å². The average molecular weight is 1760 g/mol. The first-order valence-electron chi connectivity index (χ1n) is 50.9. The van der Waals surface area contributed by atoms with Crippen LogP contribution in [0.1, 0.15) is 372 Å². The fraction of sp³-hybridized carbons (Fsp3) is 0.911. The Bertz CT molecular complexity index is 3280. The van der Waals surface area contributed by atoms with Gasteiger partial charge in [-0.3, -0.25) is 34.3 Å². The number of hydrogen-bond donors (Lipinski definition) is 9. The molecule has 722 valence electrons. The molecule has 9 N–H and O–H groups in total. The highest BCUT2D eigenvalue weighted by Gasteiger charge is 2.49. The quantitative estimate of drug-likeness (QED) is 0.0238. The molecule has 9 rings (SSSR count). The minimum Gasteiger partial charge on any atom is -0.354 e. The summed E-state index contributed by atoms with van der Waals surface area (Å²) in [4.78, 5) is 64.4. The number of aromatic nitrogens is 9. The number of nitrogens with one attached hydrogen (secondary N) is 9. The van der Waals surface area contributed by atoms with Crippen molar-refractivity contribution < 1.29 is 0 Å². The third-order valence-electron chi connectivity index (χ3n) is 32.7. The molecule has 0 bridgehead atoms. The SMILES string of the molecule is CN1C(C)(C)CC(CCCCNc2nc(NCCCCC3CC(C)(C)N(C)C(C)(C)C3)nc(NCCCNCCNCCCN(c3nc(NCCCCC4CC(C)(C)N(C)C(C)(C)C4)nc(NCCCCC4CC(C)(C)N(C)C(C)(C)C4)n3)c3nc(NCCCCC4CC(C)(C)N(C)C(C)(C)C4)nc(NCCCCC4CC(C)(C)N(C)C(C)(C)C4)n3)n2)CC1(C)C. The first-order valence-corrected chi connectivity index (χ1v) is 50.9. The molecule has 0 spiro atoms. The normalized spacial score (nSPS) is 23.0. The Morgan fingerprint density at radius 1 is 0.206 bits per heavy atom. The smallest absolute Gasteiger partial charge is 0.238 e. The zero-order valence-electron chi connectivity index (χ0n) is 86.7. The molecule has 6 aliphatic heterocycles. The van der Waals surface area contributed by atoms with Crippen LogP contribution >= 0.6 is 0 Å². The second kappa shape index (κ2) is 44.8. The van der Waals surface area contributed by atoms with Crippen LogP contribution in [-0.2, 0) is 0 Å². The van der Waals surface area contributed by atoms with Crippen molar-refractivity contribution in [2.45, 2.75) is 438 Å². The summed E-state index contributed by atoms with van der Waals surface area (Å²) in [6.45, 7) is 67.4. The average Bonchev–Trinajstić information content (AvgIpc) is 0.774. The molecule has 0 aliphatic carbocycles. The number of anilines is 9. The fourth-order valence-corrected chi connectivity index (χ4v) is 24.6. The summed E-state index contributed by atoms with van der Waals surface area (Å²) in [5.74, 6) is 9.43. The highest BCUT2D eigenvalue weighted by molar-refractivity contribution is 5.55. The van der Waals surface area contributed by atoms with Crippen molar-refractivity contribution in [2.24, 2.45) is 35.5 Å². The highest BCUT2D eigenvalue weighted by atomic mass is 15.4. The first-order chi connectivity index (χ1) is 58.8. The molecule has 0 atom stereocenters. The number of rotatable bonds is 50. The summed E-state index contributed by atoms with van der Waals surface area (Å²) in [6, 6.07) is 0. The van der Waals surface area contributed by atoms with Crippen LogP contribution in [0.4, 0.5) is 53.5 Å². The maximum absolute atomic E-state index is 5.37. The van der Waals surface area contributed by atoms with Gasteiger partial charge in [0.2, 0.25) is 53.5 Å². The van der Waals surface area contributed by atoms with Crippen LogP contribution in [-0.4, -0.2) is 262 Å². The fourth-order valence-electron chi connectivity index (χ4n) is 24.6. The van der Waals surface area contributed by atoms with Crippen LogP contribution in [0, 0.1) is 35.5 Å². The van der Waals surface area contributed by atoms with Gasteiger partial charge in [-0.15, -0.1) is 0 Å². The van der Waals surface area contributed by atoms with E-state index >= 15 is 0 Å². The van der Waals surface area contributed by atoms with E-state index in [9.17, 15) is 0 Å². The second-order valence-corrected chi connectivity index (χ2v) is 48.4. The lowest BCUT2D eigenvalue weighted by molar-refractivity contribution is -0.0323. The molecule has 6 saturated heterocycles. The van der Waals surface area contributed by atoms with Gasteiger partial charge in [-0.2, -0.15) is 44.9 Å². The zero-order valence-corrected chi connectivity index (χ0v) is 86.7. The van der Waals surface area contributed by atoms with Gasteiger partial charge in [0.25, 0.3) is 0 Å². The lowest BCUT2D eigenvalue weighted by Gasteiger charge is -2.54. The van der Waals surface area contributed by atoms with E-state index < -0.39 is 0 Å². The number of likely N-dealkylation sites (tertiary alicyclic amines) is 6. The van der Waals surface area contributed by atoms with Gasteiger partial charge >= 0.3 is 0 Å². The van der Waals surface area contributed by atoms with E-state index in [1.807, 2.05) is 0 Å². The molecule has 0 aromatic carbocycles. The lowest BCUT2D eigenvalue weighted by Crippen LogP contribution is -2.58. The summed E-state index contributed by atoms with van der Waals surface area (Å²) in [5, 5.41) is 33.3. The number of unbranched alkanes of at least 4 members (excludes halogenated alkanes) is 6. The summed E-state index contributed by atoms with van der Waals surface area (Å²) in [6.07, 6.45) is 37.0. The van der Waals surface area contributed by atoms with Crippen molar-refractivity contribution in [3.63, 3.8) is 0 Å². The van der Waals surface area contributed by atoms with Crippen molar-refractivity contribution in [1.82, 2.24) is 84.9 Å². The molecule has 25 heteroatoms. The van der Waals surface area contributed by atoms with Crippen LogP contribution in [0.25, 0.3) is 0 Å². The van der Waals surface area contributed by atoms with E-state index in [1.165, 1.54) is 128 Å². The van der Waals surface area contributed by atoms with E-state index in [2.05, 4.69) is 291 Å². The molecular formula is C101H193N25. The van der Waals surface area contributed by atoms with Crippen LogP contribution in [0.2, 0.25) is 0 Å². The van der Waals surface area contributed by atoms with Gasteiger partial charge < -0.3 is 47.9 Å². The molecule has 3 aromatic rings. The first kappa shape index (κ1) is 105. The molecule has 126 heavy (non-hydrogen) atoms. The monoisotopic (exact) mass is 1760 g/mol. The molecule has 6 fully saturated rings. The van der Waals surface area contributed by atoms with Crippen molar-refractivity contribution in [3.05, 3.63) is 0 Å². The van der Waals surface area contributed by atoms with Gasteiger partial charge in [0.15, 0.2) is 0 Å². The Hall–Kier alpha value is -4.89. The van der Waals surface area contributed by atoms with E-state index in [0.717, 1.165) is 161 Å². The highest BCUT2D eigenvalue weighted by Crippen LogP contribution is 2.48. The van der Waals surface area contributed by atoms with Gasteiger partial charge in [-0.05, 0) is 385 Å². The molecule has 9 heterocycles. The van der Waals surface area contributed by atoms with Crippen molar-refractivity contribution in [1.29, 1.82) is 0 Å². The van der Waals surface area contributed by atoms with E-state index in [-0.39, 0.29) is 66.5 Å². The number of piperidine rings is 6. The van der Waals surface area contributed by atoms with Gasteiger partial charge in [-0.25, -0.2) is 0 Å². The second-order valence-electron chi connectivity index (χ2n) is 48.4. The van der Waals surface area contributed by atoms with Gasteiger partial charge in [-0.1, -0.05) is 77.0 Å². The molecule has 0 saturated carbocycles. The number of hydrogen-bond acceptors (Lipinski definition) is 25. The predicted octanol–water partition coefficient (Wildman–Crippen LogP) is 20.3. The summed E-state index contributed by atoms with van der Waals surface area (Å²) in [7, 11) is 13.9. The molecule has 3 aromatic heterocycles. The summed E-state index contributed by atoms with van der Waals surface area (Å²) < 4.78 is 0. The topological polar surface area (TPSA) is 247 Å². The Labute approximate surface area is 770 Å². The van der Waals surface area contributed by atoms with Crippen molar-refractivity contribution in [2.75, 3.05) is 163 Å². The predicted molar refractivity (Wildman–Crippen MR) is 536 cm³/mol. The number of nitrogens with zero attached hydrogens (tertiary/aromatic N) is 16.